The zero-order valence-electron chi connectivity index (χ0n) is 26.1. The molecule has 0 saturated carbocycles. The van der Waals surface area contributed by atoms with E-state index in [9.17, 15) is 9.59 Å². The maximum Gasteiger partial charge on any atom is 0.240 e. The van der Waals surface area contributed by atoms with Gasteiger partial charge in [0.15, 0.2) is 0 Å². The summed E-state index contributed by atoms with van der Waals surface area (Å²) in [5.74, 6) is 1.20. The predicted molar refractivity (Wildman–Crippen MR) is 183 cm³/mol. The second-order valence-corrected chi connectivity index (χ2v) is 10.8. The minimum Gasteiger partial charge on any atom is -0.488 e. The molecule has 2 amide bonds. The van der Waals surface area contributed by atoms with Crippen LogP contribution < -0.4 is 20.3 Å². The van der Waals surface area contributed by atoms with Crippen LogP contribution in [0.2, 0.25) is 0 Å². The van der Waals surface area contributed by atoms with Crippen LogP contribution in [0.3, 0.4) is 0 Å². The number of hydrogen-bond donors (Lipinski definition) is 2. The zero-order chi connectivity index (χ0) is 32.1. The summed E-state index contributed by atoms with van der Waals surface area (Å²) in [6, 6.07) is 35.1. The first kappa shape index (κ1) is 33.6. The van der Waals surface area contributed by atoms with Crippen molar-refractivity contribution in [2.24, 2.45) is 10.2 Å². The van der Waals surface area contributed by atoms with E-state index in [1.807, 2.05) is 109 Å². The molecule has 0 heterocycles. The number of nitrogens with one attached hydrogen (secondary N) is 2. The number of para-hydroxylation sites is 2. The number of ether oxygens (including phenoxy) is 2. The number of carbonyl (C=O) groups is 2. The summed E-state index contributed by atoms with van der Waals surface area (Å²) in [5, 5.41) is 8.23. The Balaban J connectivity index is 1.03. The molecule has 2 N–H and O–H groups in total. The van der Waals surface area contributed by atoms with Gasteiger partial charge >= 0.3 is 0 Å². The molecule has 0 aliphatic rings. The number of carbonyl (C=O) groups excluding carboxylic acids is 2. The molecular formula is C38H42N4O4. The molecule has 0 fully saturated rings. The van der Waals surface area contributed by atoms with Crippen LogP contribution in [0.25, 0.3) is 0 Å². The van der Waals surface area contributed by atoms with Gasteiger partial charge in [-0.05, 0) is 48.2 Å². The molecule has 0 aliphatic carbocycles. The molecule has 8 nitrogen and oxygen atoms in total. The molecule has 8 heteroatoms. The molecule has 4 rings (SSSR count). The fraction of sp³-hybridized carbons (Fsp3) is 0.263. The first-order valence-corrected chi connectivity index (χ1v) is 15.8. The Hall–Kier alpha value is -5.24. The van der Waals surface area contributed by atoms with Crippen molar-refractivity contribution in [3.05, 3.63) is 131 Å². The molecular weight excluding hydrogens is 576 g/mol. The van der Waals surface area contributed by atoms with E-state index in [0.717, 1.165) is 60.8 Å². The fourth-order valence-electron chi connectivity index (χ4n) is 4.65. The highest BCUT2D eigenvalue weighted by Crippen LogP contribution is 2.19. The van der Waals surface area contributed by atoms with Crippen molar-refractivity contribution in [3.63, 3.8) is 0 Å². The molecule has 0 spiro atoms. The average Bonchev–Trinajstić information content (AvgIpc) is 3.09. The number of hydrazone groups is 2. The molecule has 0 radical (unpaired) electrons. The molecule has 238 valence electrons. The predicted octanol–water partition coefficient (Wildman–Crippen LogP) is 7.57. The van der Waals surface area contributed by atoms with Crippen LogP contribution in [-0.4, -0.2) is 24.2 Å². The van der Waals surface area contributed by atoms with E-state index in [-0.39, 0.29) is 11.8 Å². The van der Waals surface area contributed by atoms with E-state index >= 15 is 0 Å². The van der Waals surface area contributed by atoms with E-state index in [4.69, 9.17) is 9.47 Å². The second-order valence-electron chi connectivity index (χ2n) is 10.8. The average molecular weight is 619 g/mol. The molecule has 0 bridgehead atoms. The van der Waals surface area contributed by atoms with Gasteiger partial charge in [-0.3, -0.25) is 9.59 Å². The smallest absolute Gasteiger partial charge is 0.240 e. The molecule has 0 saturated heterocycles. The first-order chi connectivity index (χ1) is 22.7. The lowest BCUT2D eigenvalue weighted by Crippen LogP contribution is -2.17. The Morgan fingerprint density at radius 1 is 0.500 bits per heavy atom. The second kappa shape index (κ2) is 19.9. The maximum absolute atomic E-state index is 12.2. The van der Waals surface area contributed by atoms with Gasteiger partial charge in [0.2, 0.25) is 11.8 Å². The summed E-state index contributed by atoms with van der Waals surface area (Å²) < 4.78 is 11.9. The highest BCUT2D eigenvalue weighted by atomic mass is 16.5. The molecule has 4 aromatic carbocycles. The van der Waals surface area contributed by atoms with Crippen LogP contribution in [-0.2, 0) is 22.8 Å². The minimum absolute atomic E-state index is 0.110. The van der Waals surface area contributed by atoms with E-state index in [1.54, 1.807) is 12.4 Å². The van der Waals surface area contributed by atoms with Crippen molar-refractivity contribution >= 4 is 24.2 Å². The normalized spacial score (nSPS) is 11.0. The molecule has 0 aromatic heterocycles. The largest absolute Gasteiger partial charge is 0.488 e. The lowest BCUT2D eigenvalue weighted by atomic mass is 10.1. The summed E-state index contributed by atoms with van der Waals surface area (Å²) in [6.07, 6.45) is 9.60. The van der Waals surface area contributed by atoms with E-state index in [1.165, 1.54) is 0 Å². The van der Waals surface area contributed by atoms with E-state index in [2.05, 4.69) is 21.1 Å². The Morgan fingerprint density at radius 2 is 0.870 bits per heavy atom. The SMILES string of the molecule is O=C(CCCCCCCCC(=O)NN=Cc1ccccc1OCc1ccccc1)NN=Cc1ccccc1OCc1ccccc1. The number of rotatable bonds is 19. The van der Waals surface area contributed by atoms with Crippen molar-refractivity contribution in [1.29, 1.82) is 0 Å². The number of benzene rings is 4. The standard InChI is InChI=1S/C38H42N4O4/c43-37(41-39-27-33-21-13-15-23-35(33)45-29-31-17-7-5-8-18-31)25-11-3-1-2-4-12-26-38(44)42-40-28-34-22-14-16-24-36(34)46-30-32-19-9-6-10-20-32/h5-10,13-24,27-28H,1-4,11-12,25-26,29-30H2,(H,41,43)(H,42,44). The lowest BCUT2D eigenvalue weighted by Gasteiger charge is -2.09. The van der Waals surface area contributed by atoms with Crippen molar-refractivity contribution in [2.45, 2.75) is 64.6 Å². The van der Waals surface area contributed by atoms with Crippen molar-refractivity contribution in [1.82, 2.24) is 10.9 Å². The molecule has 46 heavy (non-hydrogen) atoms. The van der Waals surface area contributed by atoms with Gasteiger partial charge in [0.05, 0.1) is 12.4 Å². The number of amides is 2. The molecule has 0 aliphatic heterocycles. The number of hydrogen-bond acceptors (Lipinski definition) is 6. The molecule has 4 aromatic rings. The summed E-state index contributed by atoms with van der Waals surface area (Å²) in [6.45, 7) is 0.920. The van der Waals surface area contributed by atoms with Crippen molar-refractivity contribution in [2.75, 3.05) is 0 Å². The monoisotopic (exact) mass is 618 g/mol. The van der Waals surface area contributed by atoms with Gasteiger partial charge in [-0.25, -0.2) is 10.9 Å². The molecule has 0 unspecified atom stereocenters. The van der Waals surface area contributed by atoms with Crippen molar-refractivity contribution < 1.29 is 19.1 Å². The van der Waals surface area contributed by atoms with Gasteiger partial charge in [0.1, 0.15) is 24.7 Å². The molecule has 0 atom stereocenters. The minimum atomic E-state index is -0.110. The third-order valence-electron chi connectivity index (χ3n) is 7.16. The third-order valence-corrected chi connectivity index (χ3v) is 7.16. The van der Waals surface area contributed by atoms with Crippen LogP contribution >= 0.6 is 0 Å². The third kappa shape index (κ3) is 12.8. The summed E-state index contributed by atoms with van der Waals surface area (Å²) in [5.41, 5.74) is 8.98. The number of unbranched alkanes of at least 4 members (excludes halogenated alkanes) is 5. The van der Waals surface area contributed by atoms with Gasteiger partial charge in [-0.2, -0.15) is 10.2 Å². The Bertz CT molecular complexity index is 1420. The zero-order valence-corrected chi connectivity index (χ0v) is 26.1. The first-order valence-electron chi connectivity index (χ1n) is 15.8. The van der Waals surface area contributed by atoms with Crippen LogP contribution in [0.1, 0.15) is 73.6 Å². The highest BCUT2D eigenvalue weighted by Gasteiger charge is 2.05. The lowest BCUT2D eigenvalue weighted by molar-refractivity contribution is -0.122. The van der Waals surface area contributed by atoms with Gasteiger partial charge in [-0.1, -0.05) is 111 Å². The topological polar surface area (TPSA) is 101 Å². The Labute approximate surface area is 271 Å². The van der Waals surface area contributed by atoms with Crippen LogP contribution in [0.15, 0.2) is 119 Å². The maximum atomic E-state index is 12.2. The van der Waals surface area contributed by atoms with Gasteiger partial charge in [-0.15, -0.1) is 0 Å². The Morgan fingerprint density at radius 3 is 1.30 bits per heavy atom. The van der Waals surface area contributed by atoms with Gasteiger partial charge < -0.3 is 9.47 Å². The van der Waals surface area contributed by atoms with Crippen LogP contribution in [0.5, 0.6) is 11.5 Å². The summed E-state index contributed by atoms with van der Waals surface area (Å²) >= 11 is 0. The van der Waals surface area contributed by atoms with Crippen molar-refractivity contribution in [3.8, 4) is 11.5 Å². The van der Waals surface area contributed by atoms with Crippen LogP contribution in [0, 0.1) is 0 Å². The summed E-state index contributed by atoms with van der Waals surface area (Å²) in [4.78, 5) is 24.4. The number of nitrogens with zero attached hydrogens (tertiary/aromatic N) is 2. The Kier molecular flexibility index (Phi) is 14.6. The highest BCUT2D eigenvalue weighted by molar-refractivity contribution is 5.86. The van der Waals surface area contributed by atoms with E-state index in [0.29, 0.717) is 37.6 Å². The quantitative estimate of drug-likeness (QED) is 0.0643. The van der Waals surface area contributed by atoms with Crippen LogP contribution in [0.4, 0.5) is 0 Å². The van der Waals surface area contributed by atoms with Gasteiger partial charge in [0.25, 0.3) is 0 Å². The summed E-state index contributed by atoms with van der Waals surface area (Å²) in [7, 11) is 0. The van der Waals surface area contributed by atoms with Gasteiger partial charge in [0, 0.05) is 24.0 Å². The fourth-order valence-corrected chi connectivity index (χ4v) is 4.65. The van der Waals surface area contributed by atoms with E-state index < -0.39 is 0 Å².